The second-order valence-corrected chi connectivity index (χ2v) is 8.31. The molecular formula is C23H26N4O2S. The molecular weight excluding hydrogens is 396 g/mol. The molecule has 30 heavy (non-hydrogen) atoms. The summed E-state index contributed by atoms with van der Waals surface area (Å²) in [5.74, 6) is 2.09. The van der Waals surface area contributed by atoms with Gasteiger partial charge >= 0.3 is 0 Å². The number of amides is 1. The van der Waals surface area contributed by atoms with Gasteiger partial charge in [-0.1, -0.05) is 48.2 Å². The summed E-state index contributed by atoms with van der Waals surface area (Å²) in [5, 5.41) is 9.38. The van der Waals surface area contributed by atoms with Crippen LogP contribution in [-0.4, -0.2) is 33.0 Å². The predicted octanol–water partition coefficient (Wildman–Crippen LogP) is 4.18. The molecule has 7 heteroatoms. The summed E-state index contributed by atoms with van der Waals surface area (Å²) in [6.07, 6.45) is 0.914. The standard InChI is InChI=1S/C23H26N4O2S/c1-4-26-20(14-29-22-16(2)8-7-9-17(22)3)24-25-23(26)30-15-21(28)27-13-12-18-10-5-6-11-19(18)27/h5-11H,4,12-15H2,1-3H3. The van der Waals surface area contributed by atoms with E-state index in [2.05, 4.69) is 23.2 Å². The number of carbonyl (C=O) groups excluding carboxylic acids is 1. The van der Waals surface area contributed by atoms with Crippen LogP contribution in [0, 0.1) is 13.8 Å². The van der Waals surface area contributed by atoms with Crippen molar-refractivity contribution < 1.29 is 9.53 Å². The van der Waals surface area contributed by atoms with Gasteiger partial charge in [0.1, 0.15) is 12.4 Å². The maximum atomic E-state index is 12.8. The molecule has 1 aromatic heterocycles. The average Bonchev–Trinajstić information content (AvgIpc) is 3.35. The largest absolute Gasteiger partial charge is 0.485 e. The summed E-state index contributed by atoms with van der Waals surface area (Å²) in [6, 6.07) is 14.2. The zero-order valence-corrected chi connectivity index (χ0v) is 18.4. The Morgan fingerprint density at radius 3 is 2.63 bits per heavy atom. The summed E-state index contributed by atoms with van der Waals surface area (Å²) >= 11 is 1.43. The first-order valence-corrected chi connectivity index (χ1v) is 11.2. The highest BCUT2D eigenvalue weighted by Gasteiger charge is 2.24. The Morgan fingerprint density at radius 1 is 1.10 bits per heavy atom. The zero-order chi connectivity index (χ0) is 21.1. The van der Waals surface area contributed by atoms with Crippen molar-refractivity contribution in [2.45, 2.75) is 45.5 Å². The molecule has 1 aliphatic heterocycles. The number of nitrogens with zero attached hydrogens (tertiary/aromatic N) is 4. The lowest BCUT2D eigenvalue weighted by Gasteiger charge is -2.17. The molecule has 0 bridgehead atoms. The maximum absolute atomic E-state index is 12.8. The van der Waals surface area contributed by atoms with E-state index in [1.807, 2.05) is 59.7 Å². The third-order valence-corrected chi connectivity index (χ3v) is 6.33. The van der Waals surface area contributed by atoms with E-state index in [1.165, 1.54) is 17.3 Å². The highest BCUT2D eigenvalue weighted by Crippen LogP contribution is 2.29. The number of rotatable bonds is 7. The third kappa shape index (κ3) is 4.07. The molecule has 0 N–H and O–H groups in total. The maximum Gasteiger partial charge on any atom is 0.237 e. The Hall–Kier alpha value is -2.80. The Kier molecular flexibility index (Phi) is 6.08. The topological polar surface area (TPSA) is 60.2 Å². The van der Waals surface area contributed by atoms with Gasteiger partial charge in [-0.25, -0.2) is 0 Å². The number of aryl methyl sites for hydroxylation is 2. The lowest BCUT2D eigenvalue weighted by atomic mass is 10.1. The summed E-state index contributed by atoms with van der Waals surface area (Å²) in [5.41, 5.74) is 4.47. The number of ether oxygens (including phenoxy) is 1. The Balaban J connectivity index is 1.41. The molecule has 0 unspecified atom stereocenters. The lowest BCUT2D eigenvalue weighted by Crippen LogP contribution is -2.30. The number of carbonyl (C=O) groups is 1. The van der Waals surface area contributed by atoms with Crippen molar-refractivity contribution in [3.63, 3.8) is 0 Å². The monoisotopic (exact) mass is 422 g/mol. The van der Waals surface area contributed by atoms with Crippen LogP contribution < -0.4 is 9.64 Å². The smallest absolute Gasteiger partial charge is 0.237 e. The number of thioether (sulfide) groups is 1. The Bertz CT molecular complexity index is 1040. The van der Waals surface area contributed by atoms with Crippen LogP contribution in [0.2, 0.25) is 0 Å². The molecule has 0 radical (unpaired) electrons. The van der Waals surface area contributed by atoms with Gasteiger partial charge < -0.3 is 14.2 Å². The molecule has 2 aromatic carbocycles. The molecule has 0 saturated carbocycles. The minimum Gasteiger partial charge on any atom is -0.485 e. The van der Waals surface area contributed by atoms with Gasteiger partial charge in [-0.15, -0.1) is 10.2 Å². The van der Waals surface area contributed by atoms with E-state index in [0.717, 1.165) is 53.1 Å². The number of benzene rings is 2. The van der Waals surface area contributed by atoms with E-state index < -0.39 is 0 Å². The molecule has 0 spiro atoms. The summed E-state index contributed by atoms with van der Waals surface area (Å²) in [4.78, 5) is 14.7. The van der Waals surface area contributed by atoms with Crippen LogP contribution in [0.1, 0.15) is 29.4 Å². The second kappa shape index (κ2) is 8.92. The van der Waals surface area contributed by atoms with Crippen LogP contribution in [-0.2, 0) is 24.4 Å². The van der Waals surface area contributed by atoms with E-state index in [4.69, 9.17) is 4.74 Å². The van der Waals surface area contributed by atoms with Crippen LogP contribution >= 0.6 is 11.8 Å². The third-order valence-electron chi connectivity index (χ3n) is 5.38. The fourth-order valence-corrected chi connectivity index (χ4v) is 4.71. The van der Waals surface area contributed by atoms with Crippen molar-refractivity contribution in [1.82, 2.24) is 14.8 Å². The molecule has 0 atom stereocenters. The Labute approximate surface area is 181 Å². The summed E-state index contributed by atoms with van der Waals surface area (Å²) in [7, 11) is 0. The van der Waals surface area contributed by atoms with Crippen LogP contribution in [0.25, 0.3) is 0 Å². The second-order valence-electron chi connectivity index (χ2n) is 7.37. The first-order valence-electron chi connectivity index (χ1n) is 10.2. The van der Waals surface area contributed by atoms with Crippen molar-refractivity contribution in [3.8, 4) is 5.75 Å². The van der Waals surface area contributed by atoms with E-state index in [-0.39, 0.29) is 5.91 Å². The molecule has 1 aliphatic rings. The molecule has 6 nitrogen and oxygen atoms in total. The molecule has 0 fully saturated rings. The van der Waals surface area contributed by atoms with Crippen molar-refractivity contribution in [3.05, 3.63) is 65.0 Å². The number of hydrogen-bond acceptors (Lipinski definition) is 5. The van der Waals surface area contributed by atoms with E-state index >= 15 is 0 Å². The van der Waals surface area contributed by atoms with Crippen molar-refractivity contribution in [2.75, 3.05) is 17.2 Å². The predicted molar refractivity (Wildman–Crippen MR) is 119 cm³/mol. The average molecular weight is 423 g/mol. The van der Waals surface area contributed by atoms with Crippen LogP contribution in [0.3, 0.4) is 0 Å². The summed E-state index contributed by atoms with van der Waals surface area (Å²) < 4.78 is 8.06. The molecule has 0 saturated heterocycles. The first kappa shape index (κ1) is 20.5. The van der Waals surface area contributed by atoms with E-state index in [1.54, 1.807) is 0 Å². The molecule has 3 aromatic rings. The number of aromatic nitrogens is 3. The number of hydrogen-bond donors (Lipinski definition) is 0. The lowest BCUT2D eigenvalue weighted by molar-refractivity contribution is -0.116. The molecule has 2 heterocycles. The molecule has 156 valence electrons. The van der Waals surface area contributed by atoms with Crippen LogP contribution in [0.5, 0.6) is 5.75 Å². The van der Waals surface area contributed by atoms with Gasteiger partial charge in [0.25, 0.3) is 0 Å². The van der Waals surface area contributed by atoms with E-state index in [9.17, 15) is 4.79 Å². The van der Waals surface area contributed by atoms with Gasteiger partial charge in [0.15, 0.2) is 11.0 Å². The molecule has 4 rings (SSSR count). The SMILES string of the molecule is CCn1c(COc2c(C)cccc2C)nnc1SCC(=O)N1CCc2ccccc21. The quantitative estimate of drug-likeness (QED) is 0.535. The number of fused-ring (bicyclic) bond motifs is 1. The van der Waals surface area contributed by atoms with Gasteiger partial charge in [0, 0.05) is 18.8 Å². The zero-order valence-electron chi connectivity index (χ0n) is 17.6. The van der Waals surface area contributed by atoms with Gasteiger partial charge in [0.05, 0.1) is 5.75 Å². The van der Waals surface area contributed by atoms with Crippen LogP contribution in [0.15, 0.2) is 47.6 Å². The van der Waals surface area contributed by atoms with Crippen molar-refractivity contribution in [1.29, 1.82) is 0 Å². The number of para-hydroxylation sites is 2. The van der Waals surface area contributed by atoms with Gasteiger partial charge in [-0.2, -0.15) is 0 Å². The number of anilines is 1. The van der Waals surface area contributed by atoms with Gasteiger partial charge in [0.2, 0.25) is 5.91 Å². The van der Waals surface area contributed by atoms with Crippen molar-refractivity contribution in [2.24, 2.45) is 0 Å². The highest BCUT2D eigenvalue weighted by molar-refractivity contribution is 7.99. The van der Waals surface area contributed by atoms with Crippen molar-refractivity contribution >= 4 is 23.4 Å². The normalized spacial score (nSPS) is 12.8. The van der Waals surface area contributed by atoms with Gasteiger partial charge in [-0.05, 0) is 49.9 Å². The fourth-order valence-electron chi connectivity index (χ4n) is 3.82. The van der Waals surface area contributed by atoms with E-state index in [0.29, 0.717) is 12.4 Å². The molecule has 1 amide bonds. The summed E-state index contributed by atoms with van der Waals surface area (Å²) in [6.45, 7) is 7.94. The Morgan fingerprint density at radius 2 is 1.87 bits per heavy atom. The highest BCUT2D eigenvalue weighted by atomic mass is 32.2. The minimum atomic E-state index is 0.101. The fraction of sp³-hybridized carbons (Fsp3) is 0.348. The van der Waals surface area contributed by atoms with Gasteiger partial charge in [-0.3, -0.25) is 4.79 Å². The first-order chi connectivity index (χ1) is 14.6. The minimum absolute atomic E-state index is 0.101. The molecule has 0 aliphatic carbocycles. The van der Waals surface area contributed by atoms with Crippen LogP contribution in [0.4, 0.5) is 5.69 Å².